The molecule has 0 saturated carbocycles. The number of aliphatic carboxylic acids is 2. The molecule has 0 radical (unpaired) electrons. The topological polar surface area (TPSA) is 139 Å². The summed E-state index contributed by atoms with van der Waals surface area (Å²) in [5.41, 5.74) is 0.676. The largest absolute Gasteiger partial charge is 0.481 e. The Morgan fingerprint density at radius 3 is 2.25 bits per heavy atom. The Bertz CT molecular complexity index is 601. The van der Waals surface area contributed by atoms with Gasteiger partial charge in [-0.3, -0.25) is 9.59 Å². The monoisotopic (exact) mass is 339 g/mol. The van der Waals surface area contributed by atoms with E-state index in [0.717, 1.165) is 7.11 Å². The fourth-order valence-electron chi connectivity index (χ4n) is 1.90. The Balaban J connectivity index is 2.75. The fraction of sp³-hybridized carbons (Fsp3) is 0.333. The van der Waals surface area contributed by atoms with Gasteiger partial charge in [-0.2, -0.15) is 0 Å². The third-order valence-electron chi connectivity index (χ3n) is 3.05. The van der Waals surface area contributed by atoms with E-state index in [4.69, 9.17) is 14.9 Å². The van der Waals surface area contributed by atoms with Crippen LogP contribution in [0.2, 0.25) is 0 Å². The second-order valence-electron chi connectivity index (χ2n) is 4.75. The van der Waals surface area contributed by atoms with Gasteiger partial charge in [0.2, 0.25) is 0 Å². The maximum absolute atomic E-state index is 11.7. The summed E-state index contributed by atoms with van der Waals surface area (Å²) in [5.74, 6) is -5.64. The molecule has 0 aliphatic carbocycles. The third kappa shape index (κ3) is 5.95. The van der Waals surface area contributed by atoms with Gasteiger partial charge in [0.15, 0.2) is 0 Å². The maximum atomic E-state index is 11.7. The molecule has 130 valence electrons. The van der Waals surface area contributed by atoms with Crippen LogP contribution in [0.25, 0.3) is 0 Å². The predicted octanol–water partition coefficient (Wildman–Crippen LogP) is 0.630. The molecule has 3 N–H and O–H groups in total. The molecule has 0 fully saturated rings. The number of carbonyl (C=O) groups excluding carboxylic acids is 2. The lowest BCUT2D eigenvalue weighted by molar-refractivity contribution is -0.156. The molecule has 24 heavy (non-hydrogen) atoms. The number of carboxylic acids is 2. The van der Waals surface area contributed by atoms with Crippen LogP contribution in [0, 0.1) is 5.92 Å². The molecule has 0 aliphatic rings. The van der Waals surface area contributed by atoms with E-state index in [9.17, 15) is 19.2 Å². The van der Waals surface area contributed by atoms with Crippen LogP contribution < -0.4 is 5.32 Å². The number of amides is 1. The van der Waals surface area contributed by atoms with Crippen LogP contribution in [0.15, 0.2) is 30.3 Å². The molecule has 0 spiro atoms. The second-order valence-corrected chi connectivity index (χ2v) is 4.75. The zero-order chi connectivity index (χ0) is 18.1. The minimum Gasteiger partial charge on any atom is -0.481 e. The lowest BCUT2D eigenvalue weighted by atomic mass is 9.96. The Morgan fingerprint density at radius 2 is 1.75 bits per heavy atom. The van der Waals surface area contributed by atoms with Crippen molar-refractivity contribution in [2.75, 3.05) is 7.11 Å². The molecule has 1 amide bonds. The highest BCUT2D eigenvalue weighted by Gasteiger charge is 2.38. The van der Waals surface area contributed by atoms with Crippen LogP contribution in [-0.4, -0.2) is 47.4 Å². The van der Waals surface area contributed by atoms with Crippen molar-refractivity contribution in [3.05, 3.63) is 35.9 Å². The number of carbonyl (C=O) groups is 4. The molecule has 9 heteroatoms. The molecule has 0 aliphatic heterocycles. The number of alkyl carbamates (subject to hydrolysis) is 1. The van der Waals surface area contributed by atoms with Crippen LogP contribution in [0.1, 0.15) is 12.0 Å². The smallest absolute Gasteiger partial charge is 0.408 e. The van der Waals surface area contributed by atoms with E-state index in [1.54, 1.807) is 30.3 Å². The van der Waals surface area contributed by atoms with Gasteiger partial charge in [0.05, 0.1) is 19.4 Å². The molecule has 0 unspecified atom stereocenters. The first-order valence-corrected chi connectivity index (χ1v) is 6.84. The number of esters is 1. The van der Waals surface area contributed by atoms with Crippen molar-refractivity contribution in [2.24, 2.45) is 5.92 Å². The molecule has 0 saturated heterocycles. The van der Waals surface area contributed by atoms with Gasteiger partial charge in [0.25, 0.3) is 0 Å². The van der Waals surface area contributed by atoms with Crippen molar-refractivity contribution >= 4 is 24.0 Å². The highest BCUT2D eigenvalue weighted by atomic mass is 16.5. The molecule has 0 aromatic heterocycles. The van der Waals surface area contributed by atoms with Crippen molar-refractivity contribution in [2.45, 2.75) is 19.1 Å². The first-order valence-electron chi connectivity index (χ1n) is 6.84. The fourth-order valence-corrected chi connectivity index (χ4v) is 1.90. The van der Waals surface area contributed by atoms with Gasteiger partial charge < -0.3 is 25.0 Å². The van der Waals surface area contributed by atoms with Crippen molar-refractivity contribution in [3.8, 4) is 0 Å². The summed E-state index contributed by atoms with van der Waals surface area (Å²) in [4.78, 5) is 45.4. The SMILES string of the molecule is COC(=O)[C@@H](CC(=O)O)[C@H](NC(=O)OCc1ccccc1)C(=O)O. The number of methoxy groups -OCH3 is 1. The van der Waals surface area contributed by atoms with Crippen LogP contribution in [0.4, 0.5) is 4.79 Å². The standard InChI is InChI=1S/C15H17NO8/c1-23-14(21)10(7-11(17)18)12(13(19)20)16-15(22)24-8-9-5-3-2-4-6-9/h2-6,10,12H,7-8H2,1H3,(H,16,22)(H,17,18)(H,19,20)/t10-,12-/m0/s1. The molecular weight excluding hydrogens is 322 g/mol. The summed E-state index contributed by atoms with van der Waals surface area (Å²) in [5, 5.41) is 19.9. The maximum Gasteiger partial charge on any atom is 0.408 e. The summed E-state index contributed by atoms with van der Waals surface area (Å²) in [6.45, 7) is -0.110. The van der Waals surface area contributed by atoms with E-state index in [2.05, 4.69) is 4.74 Å². The van der Waals surface area contributed by atoms with E-state index >= 15 is 0 Å². The highest BCUT2D eigenvalue weighted by Crippen LogP contribution is 2.13. The summed E-state index contributed by atoms with van der Waals surface area (Å²) < 4.78 is 9.26. The van der Waals surface area contributed by atoms with Gasteiger partial charge in [-0.05, 0) is 5.56 Å². The average molecular weight is 339 g/mol. The number of hydrogen-bond acceptors (Lipinski definition) is 6. The first kappa shape index (κ1) is 18.9. The Labute approximate surface area is 137 Å². The molecule has 0 heterocycles. The van der Waals surface area contributed by atoms with Gasteiger partial charge in [-0.15, -0.1) is 0 Å². The molecule has 1 aromatic rings. The van der Waals surface area contributed by atoms with Gasteiger partial charge in [-0.1, -0.05) is 30.3 Å². The lowest BCUT2D eigenvalue weighted by Crippen LogP contribution is -2.49. The number of benzene rings is 1. The summed E-state index contributed by atoms with van der Waals surface area (Å²) in [6, 6.07) is 6.84. The van der Waals surface area contributed by atoms with Crippen molar-refractivity contribution in [1.82, 2.24) is 5.32 Å². The number of nitrogens with one attached hydrogen (secondary N) is 1. The minimum absolute atomic E-state index is 0.110. The predicted molar refractivity (Wildman–Crippen MR) is 78.9 cm³/mol. The summed E-state index contributed by atoms with van der Waals surface area (Å²) in [7, 11) is 0.990. The molecule has 1 aromatic carbocycles. The summed E-state index contributed by atoms with van der Waals surface area (Å²) >= 11 is 0. The van der Waals surface area contributed by atoms with Crippen LogP contribution >= 0.6 is 0 Å². The highest BCUT2D eigenvalue weighted by molar-refractivity contribution is 5.89. The van der Waals surface area contributed by atoms with Crippen molar-refractivity contribution < 1.29 is 38.9 Å². The van der Waals surface area contributed by atoms with Gasteiger partial charge in [0, 0.05) is 0 Å². The molecular formula is C15H17NO8. The van der Waals surface area contributed by atoms with Crippen molar-refractivity contribution in [1.29, 1.82) is 0 Å². The van der Waals surface area contributed by atoms with E-state index in [1.165, 1.54) is 0 Å². The minimum atomic E-state index is -1.79. The molecule has 9 nitrogen and oxygen atoms in total. The Hall–Kier alpha value is -3.10. The normalized spacial score (nSPS) is 12.5. The number of rotatable bonds is 8. The van der Waals surface area contributed by atoms with Crippen LogP contribution in [0.3, 0.4) is 0 Å². The van der Waals surface area contributed by atoms with E-state index in [-0.39, 0.29) is 6.61 Å². The third-order valence-corrected chi connectivity index (χ3v) is 3.05. The van der Waals surface area contributed by atoms with Gasteiger partial charge in [0.1, 0.15) is 12.6 Å². The van der Waals surface area contributed by atoms with Crippen molar-refractivity contribution in [3.63, 3.8) is 0 Å². The average Bonchev–Trinajstić information content (AvgIpc) is 2.55. The van der Waals surface area contributed by atoms with E-state index in [1.807, 2.05) is 5.32 Å². The quantitative estimate of drug-likeness (QED) is 0.586. The molecule has 0 bridgehead atoms. The van der Waals surface area contributed by atoms with E-state index < -0.39 is 42.4 Å². The first-order chi connectivity index (χ1) is 11.3. The zero-order valence-corrected chi connectivity index (χ0v) is 12.8. The zero-order valence-electron chi connectivity index (χ0n) is 12.8. The van der Waals surface area contributed by atoms with Gasteiger partial charge >= 0.3 is 24.0 Å². The molecule has 1 rings (SSSR count). The second kappa shape index (κ2) is 9.13. The van der Waals surface area contributed by atoms with Crippen LogP contribution in [-0.2, 0) is 30.5 Å². The number of hydrogen-bond donors (Lipinski definition) is 3. The molecule has 2 atom stereocenters. The van der Waals surface area contributed by atoms with Crippen LogP contribution in [0.5, 0.6) is 0 Å². The Morgan fingerprint density at radius 1 is 1.12 bits per heavy atom. The number of carboxylic acid groups (broad SMARTS) is 2. The Kier molecular flexibility index (Phi) is 7.21. The number of ether oxygens (including phenoxy) is 2. The van der Waals surface area contributed by atoms with Gasteiger partial charge in [-0.25, -0.2) is 9.59 Å². The lowest BCUT2D eigenvalue weighted by Gasteiger charge is -2.21. The van der Waals surface area contributed by atoms with E-state index in [0.29, 0.717) is 5.56 Å². The summed E-state index contributed by atoms with van der Waals surface area (Å²) in [6.07, 6.45) is -1.91.